The summed E-state index contributed by atoms with van der Waals surface area (Å²) in [6.45, 7) is -0.361. The van der Waals surface area contributed by atoms with Gasteiger partial charge in [-0.05, 0) is 61.4 Å². The number of amides is 1. The van der Waals surface area contributed by atoms with Gasteiger partial charge in [0.05, 0.1) is 28.8 Å². The first-order valence-corrected chi connectivity index (χ1v) is 17.3. The van der Waals surface area contributed by atoms with Gasteiger partial charge in [0, 0.05) is 13.0 Å². The summed E-state index contributed by atoms with van der Waals surface area (Å²) in [6, 6.07) is 32.5. The molecule has 1 saturated heterocycles. The molecular formula is C42H39NO11. The van der Waals surface area contributed by atoms with Gasteiger partial charge in [-0.15, -0.1) is 6.42 Å². The molecule has 1 N–H and O–H groups in total. The van der Waals surface area contributed by atoms with E-state index in [4.69, 9.17) is 34.8 Å². The first kappa shape index (κ1) is 38.9. The first-order chi connectivity index (χ1) is 26.3. The molecule has 0 spiro atoms. The van der Waals surface area contributed by atoms with E-state index in [-0.39, 0.29) is 47.7 Å². The number of carbonyl (C=O) groups excluding carboxylic acids is 5. The first-order valence-electron chi connectivity index (χ1n) is 17.3. The molecule has 1 aliphatic rings. The maximum atomic E-state index is 13.7. The van der Waals surface area contributed by atoms with Gasteiger partial charge in [0.1, 0.15) is 12.7 Å². The van der Waals surface area contributed by atoms with Crippen molar-refractivity contribution in [1.29, 1.82) is 0 Å². The lowest BCUT2D eigenvalue weighted by Gasteiger charge is -2.44. The summed E-state index contributed by atoms with van der Waals surface area (Å²) in [5, 5.41) is 2.60. The van der Waals surface area contributed by atoms with Crippen molar-refractivity contribution in [2.75, 3.05) is 19.8 Å². The van der Waals surface area contributed by atoms with E-state index in [9.17, 15) is 24.0 Å². The molecule has 5 rings (SSSR count). The van der Waals surface area contributed by atoms with Crippen LogP contribution in [0.25, 0.3) is 0 Å². The van der Waals surface area contributed by atoms with Crippen LogP contribution in [0.1, 0.15) is 60.7 Å². The SMILES string of the molecule is C#CCNC(=O)CCCCOC1OC(COC(=O)c2ccccc2)C(OC(=O)c2ccccc2)C(OC(=O)c2ccccc2)C1OC(=O)c1ccccc1. The Balaban J connectivity index is 1.49. The maximum absolute atomic E-state index is 13.7. The molecule has 1 fully saturated rings. The van der Waals surface area contributed by atoms with Crippen molar-refractivity contribution in [2.45, 2.75) is 50.0 Å². The molecule has 278 valence electrons. The number of carbonyl (C=O) groups is 5. The molecule has 12 nitrogen and oxygen atoms in total. The summed E-state index contributed by atoms with van der Waals surface area (Å²) >= 11 is 0. The van der Waals surface area contributed by atoms with Crippen molar-refractivity contribution in [3.05, 3.63) is 144 Å². The number of ether oxygens (including phenoxy) is 6. The van der Waals surface area contributed by atoms with Gasteiger partial charge in [-0.1, -0.05) is 78.7 Å². The lowest BCUT2D eigenvalue weighted by molar-refractivity contribution is -0.298. The van der Waals surface area contributed by atoms with E-state index in [1.54, 1.807) is 84.9 Å². The Labute approximate surface area is 312 Å². The highest BCUT2D eigenvalue weighted by Gasteiger charge is 2.53. The standard InChI is InChI=1S/C42H39NO11/c1-2-26-43-34(44)25-15-16-27-49-42-37(54-41(48)32-23-13-6-14-24-32)36(53-40(47)31-21-11-5-12-22-31)35(52-39(46)30-19-9-4-10-20-30)33(51-42)28-50-38(45)29-17-7-3-8-18-29/h1,3-14,17-24,33,35-37,42H,15-16,25-28H2,(H,43,44). The zero-order valence-electron chi connectivity index (χ0n) is 29.2. The number of hydrogen-bond donors (Lipinski definition) is 1. The van der Waals surface area contributed by atoms with E-state index in [1.807, 2.05) is 0 Å². The molecule has 1 aliphatic heterocycles. The average molecular weight is 734 g/mol. The van der Waals surface area contributed by atoms with E-state index in [0.717, 1.165) is 0 Å². The highest BCUT2D eigenvalue weighted by molar-refractivity contribution is 5.91. The van der Waals surface area contributed by atoms with E-state index in [1.165, 1.54) is 36.4 Å². The number of terminal acetylenes is 1. The van der Waals surface area contributed by atoms with Crippen LogP contribution < -0.4 is 5.32 Å². The van der Waals surface area contributed by atoms with Crippen molar-refractivity contribution >= 4 is 29.8 Å². The van der Waals surface area contributed by atoms with Gasteiger partial charge < -0.3 is 33.7 Å². The second-order valence-electron chi connectivity index (χ2n) is 12.0. The van der Waals surface area contributed by atoms with Crippen LogP contribution in [0.4, 0.5) is 0 Å². The van der Waals surface area contributed by atoms with Gasteiger partial charge in [-0.25, -0.2) is 19.2 Å². The average Bonchev–Trinajstić information content (AvgIpc) is 3.22. The Morgan fingerprint density at radius 2 is 1.04 bits per heavy atom. The monoisotopic (exact) mass is 733 g/mol. The van der Waals surface area contributed by atoms with Crippen LogP contribution in [0.2, 0.25) is 0 Å². The lowest BCUT2D eigenvalue weighted by atomic mass is 9.97. The minimum atomic E-state index is -1.54. The van der Waals surface area contributed by atoms with Crippen LogP contribution >= 0.6 is 0 Å². The molecule has 1 amide bonds. The minimum Gasteiger partial charge on any atom is -0.459 e. The molecule has 5 atom stereocenters. The summed E-state index contributed by atoms with van der Waals surface area (Å²) in [6.07, 6.45) is -1.05. The molecule has 5 unspecified atom stereocenters. The fourth-order valence-corrected chi connectivity index (χ4v) is 5.49. The summed E-state index contributed by atoms with van der Waals surface area (Å²) in [5.41, 5.74) is 0.775. The second-order valence-corrected chi connectivity index (χ2v) is 12.0. The normalized spacial score (nSPS) is 19.0. The molecule has 12 heteroatoms. The van der Waals surface area contributed by atoms with Gasteiger partial charge in [-0.3, -0.25) is 4.79 Å². The van der Waals surface area contributed by atoms with Gasteiger partial charge >= 0.3 is 23.9 Å². The summed E-state index contributed by atoms with van der Waals surface area (Å²) in [5.74, 6) is -0.999. The third-order valence-corrected chi connectivity index (χ3v) is 8.21. The fraction of sp³-hybridized carbons (Fsp3) is 0.262. The number of rotatable bonds is 16. The lowest BCUT2D eigenvalue weighted by Crippen LogP contribution is -2.63. The van der Waals surface area contributed by atoms with Crippen molar-refractivity contribution in [3.63, 3.8) is 0 Å². The predicted octanol–water partition coefficient (Wildman–Crippen LogP) is 5.18. The highest BCUT2D eigenvalue weighted by atomic mass is 16.7. The molecule has 4 aromatic carbocycles. The number of esters is 4. The molecular weight excluding hydrogens is 694 g/mol. The zero-order valence-corrected chi connectivity index (χ0v) is 29.2. The second kappa shape index (κ2) is 20.1. The van der Waals surface area contributed by atoms with Crippen molar-refractivity contribution < 1.29 is 52.4 Å². The Morgan fingerprint density at radius 3 is 1.52 bits per heavy atom. The summed E-state index contributed by atoms with van der Waals surface area (Å²) < 4.78 is 36.2. The molecule has 4 aromatic rings. The van der Waals surface area contributed by atoms with Crippen LogP contribution in [0.15, 0.2) is 121 Å². The van der Waals surface area contributed by atoms with Gasteiger partial charge in [0.2, 0.25) is 5.91 Å². The summed E-state index contributed by atoms with van der Waals surface area (Å²) in [7, 11) is 0. The number of unbranched alkanes of at least 4 members (excludes halogenated alkanes) is 1. The van der Waals surface area contributed by atoms with Crippen LogP contribution in [0.3, 0.4) is 0 Å². The Bertz CT molecular complexity index is 1880. The zero-order chi connectivity index (χ0) is 38.1. The topological polar surface area (TPSA) is 153 Å². The third-order valence-electron chi connectivity index (χ3n) is 8.21. The van der Waals surface area contributed by atoms with Crippen LogP contribution in [-0.2, 0) is 33.2 Å². The Kier molecular flexibility index (Phi) is 14.5. The van der Waals surface area contributed by atoms with E-state index >= 15 is 0 Å². The van der Waals surface area contributed by atoms with E-state index < -0.39 is 61.2 Å². The number of benzene rings is 4. The van der Waals surface area contributed by atoms with Gasteiger partial charge in [-0.2, -0.15) is 0 Å². The molecule has 1 heterocycles. The van der Waals surface area contributed by atoms with Crippen LogP contribution in [0.5, 0.6) is 0 Å². The predicted molar refractivity (Wildman–Crippen MR) is 194 cm³/mol. The molecule has 0 radical (unpaired) electrons. The smallest absolute Gasteiger partial charge is 0.338 e. The van der Waals surface area contributed by atoms with E-state index in [0.29, 0.717) is 12.8 Å². The number of nitrogens with one attached hydrogen (secondary N) is 1. The quantitative estimate of drug-likeness (QED) is 0.0702. The minimum absolute atomic E-state index is 0.0107. The molecule has 0 bridgehead atoms. The van der Waals surface area contributed by atoms with Crippen LogP contribution in [0, 0.1) is 12.3 Å². The highest BCUT2D eigenvalue weighted by Crippen LogP contribution is 2.32. The van der Waals surface area contributed by atoms with Crippen molar-refractivity contribution in [1.82, 2.24) is 5.32 Å². The summed E-state index contributed by atoms with van der Waals surface area (Å²) in [4.78, 5) is 66.1. The van der Waals surface area contributed by atoms with Crippen molar-refractivity contribution in [2.24, 2.45) is 0 Å². The molecule has 0 aliphatic carbocycles. The Morgan fingerprint density at radius 1 is 0.593 bits per heavy atom. The maximum Gasteiger partial charge on any atom is 0.338 e. The molecule has 0 saturated carbocycles. The van der Waals surface area contributed by atoms with Gasteiger partial charge in [0.25, 0.3) is 0 Å². The van der Waals surface area contributed by atoms with Crippen molar-refractivity contribution in [3.8, 4) is 12.3 Å². The fourth-order valence-electron chi connectivity index (χ4n) is 5.49. The van der Waals surface area contributed by atoms with Crippen LogP contribution in [-0.4, -0.2) is 80.2 Å². The third kappa shape index (κ3) is 11.1. The van der Waals surface area contributed by atoms with Gasteiger partial charge in [0.15, 0.2) is 24.6 Å². The number of hydrogen-bond acceptors (Lipinski definition) is 11. The Hall–Kier alpha value is -6.29. The molecule has 0 aromatic heterocycles. The van der Waals surface area contributed by atoms with E-state index in [2.05, 4.69) is 11.2 Å². The largest absolute Gasteiger partial charge is 0.459 e. The molecule has 54 heavy (non-hydrogen) atoms.